The van der Waals surface area contributed by atoms with Gasteiger partial charge in [0.15, 0.2) is 17.4 Å². The Labute approximate surface area is 114 Å². The molecule has 1 nitrogen and oxygen atoms in total. The molecular weight excluding hydrogens is 298 g/mol. The van der Waals surface area contributed by atoms with Crippen LogP contribution in [0.4, 0.5) is 26.3 Å². The van der Waals surface area contributed by atoms with E-state index in [1.54, 1.807) is 0 Å². The van der Waals surface area contributed by atoms with E-state index in [9.17, 15) is 31.1 Å². The first-order valence-corrected chi connectivity index (χ1v) is 5.57. The Morgan fingerprint density at radius 3 is 2.14 bits per heavy atom. The van der Waals surface area contributed by atoms with Gasteiger partial charge in [0.1, 0.15) is 5.82 Å². The molecule has 0 aliphatic heterocycles. The fraction of sp³-hybridized carbons (Fsp3) is 0.0714. The molecule has 0 spiro atoms. The molecule has 0 bridgehead atoms. The van der Waals surface area contributed by atoms with Gasteiger partial charge in [-0.15, -0.1) is 0 Å². The van der Waals surface area contributed by atoms with Crippen LogP contribution in [0.2, 0.25) is 0 Å². The second-order valence-electron chi connectivity index (χ2n) is 4.12. The average Bonchev–Trinajstić information content (AvgIpc) is 2.39. The van der Waals surface area contributed by atoms with Crippen LogP contribution >= 0.6 is 0 Å². The van der Waals surface area contributed by atoms with Gasteiger partial charge in [0, 0.05) is 5.56 Å². The van der Waals surface area contributed by atoms with E-state index in [0.717, 1.165) is 18.2 Å². The summed E-state index contributed by atoms with van der Waals surface area (Å²) in [4.78, 5) is 11.9. The van der Waals surface area contributed by atoms with Crippen molar-refractivity contribution in [3.63, 3.8) is 0 Å². The molecule has 2 aromatic rings. The largest absolute Gasteiger partial charge is 0.419 e. The monoisotopic (exact) mass is 304 g/mol. The quantitative estimate of drug-likeness (QED) is 0.595. The third kappa shape index (κ3) is 2.91. The highest BCUT2D eigenvalue weighted by molar-refractivity contribution is 6.09. The van der Waals surface area contributed by atoms with Gasteiger partial charge in [-0.2, -0.15) is 13.2 Å². The highest BCUT2D eigenvalue weighted by atomic mass is 19.4. The smallest absolute Gasteiger partial charge is 0.288 e. The zero-order valence-corrected chi connectivity index (χ0v) is 10.1. The van der Waals surface area contributed by atoms with E-state index < -0.39 is 46.1 Å². The molecule has 21 heavy (non-hydrogen) atoms. The summed E-state index contributed by atoms with van der Waals surface area (Å²) in [5.74, 6) is -5.50. The van der Waals surface area contributed by atoms with Gasteiger partial charge in [0.2, 0.25) is 0 Å². The third-order valence-electron chi connectivity index (χ3n) is 2.73. The molecule has 2 rings (SSSR count). The summed E-state index contributed by atoms with van der Waals surface area (Å²) in [6.45, 7) is 0. The minimum absolute atomic E-state index is 0.343. The number of benzene rings is 2. The van der Waals surface area contributed by atoms with Gasteiger partial charge in [-0.05, 0) is 24.3 Å². The summed E-state index contributed by atoms with van der Waals surface area (Å²) in [7, 11) is 0. The molecule has 0 atom stereocenters. The lowest BCUT2D eigenvalue weighted by Gasteiger charge is -2.09. The summed E-state index contributed by atoms with van der Waals surface area (Å²) in [6, 6.07) is 4.22. The van der Waals surface area contributed by atoms with Crippen LogP contribution in [0.5, 0.6) is 0 Å². The number of carbonyl (C=O) groups is 1. The number of ketones is 1. The molecule has 110 valence electrons. The molecule has 0 fully saturated rings. The van der Waals surface area contributed by atoms with Crippen molar-refractivity contribution >= 4 is 5.78 Å². The molecule has 0 saturated carbocycles. The normalized spacial score (nSPS) is 11.5. The SMILES string of the molecule is O=C(c1ccc(C(F)(F)F)c(F)c1)c1cccc(F)c1F. The van der Waals surface area contributed by atoms with Crippen molar-refractivity contribution in [2.75, 3.05) is 0 Å². The van der Waals surface area contributed by atoms with Gasteiger partial charge in [0.25, 0.3) is 0 Å². The average molecular weight is 304 g/mol. The highest BCUT2D eigenvalue weighted by Gasteiger charge is 2.34. The number of halogens is 6. The zero-order chi connectivity index (χ0) is 15.8. The molecule has 0 unspecified atom stereocenters. The molecular formula is C14H6F6O. The first-order valence-electron chi connectivity index (χ1n) is 5.57. The molecule has 0 amide bonds. The Balaban J connectivity index is 2.46. The minimum Gasteiger partial charge on any atom is -0.288 e. The minimum atomic E-state index is -4.91. The fourth-order valence-corrected chi connectivity index (χ4v) is 1.72. The first kappa shape index (κ1) is 15.1. The number of carbonyl (C=O) groups excluding carboxylic acids is 1. The lowest BCUT2D eigenvalue weighted by molar-refractivity contribution is -0.140. The van der Waals surface area contributed by atoms with E-state index in [0.29, 0.717) is 18.2 Å². The second-order valence-corrected chi connectivity index (χ2v) is 4.12. The maximum absolute atomic E-state index is 13.4. The van der Waals surface area contributed by atoms with Crippen LogP contribution in [0.15, 0.2) is 36.4 Å². The number of alkyl halides is 3. The maximum Gasteiger partial charge on any atom is 0.419 e. The Bertz CT molecular complexity index is 705. The van der Waals surface area contributed by atoms with Crippen molar-refractivity contribution in [3.05, 3.63) is 70.5 Å². The van der Waals surface area contributed by atoms with Crippen LogP contribution < -0.4 is 0 Å². The third-order valence-corrected chi connectivity index (χ3v) is 2.73. The summed E-state index contributed by atoms with van der Waals surface area (Å²) in [5, 5.41) is 0. The number of hydrogen-bond acceptors (Lipinski definition) is 1. The van der Waals surface area contributed by atoms with E-state index in [-0.39, 0.29) is 0 Å². The summed E-state index contributed by atoms with van der Waals surface area (Å²) < 4.78 is 77.0. The van der Waals surface area contributed by atoms with Gasteiger partial charge in [-0.1, -0.05) is 12.1 Å². The van der Waals surface area contributed by atoms with Crippen LogP contribution in [-0.4, -0.2) is 5.78 Å². The Kier molecular flexibility index (Phi) is 3.76. The molecule has 2 aromatic carbocycles. The zero-order valence-electron chi connectivity index (χ0n) is 10.1. The van der Waals surface area contributed by atoms with Crippen molar-refractivity contribution < 1.29 is 31.1 Å². The van der Waals surface area contributed by atoms with E-state index in [1.807, 2.05) is 0 Å². The first-order chi connectivity index (χ1) is 9.71. The van der Waals surface area contributed by atoms with Gasteiger partial charge >= 0.3 is 6.18 Å². The molecule has 0 aromatic heterocycles. The topological polar surface area (TPSA) is 17.1 Å². The second kappa shape index (κ2) is 5.23. The van der Waals surface area contributed by atoms with Gasteiger partial charge in [0.05, 0.1) is 11.1 Å². The lowest BCUT2D eigenvalue weighted by Crippen LogP contribution is -2.11. The van der Waals surface area contributed by atoms with Crippen LogP contribution in [0.3, 0.4) is 0 Å². The van der Waals surface area contributed by atoms with Gasteiger partial charge in [-0.3, -0.25) is 4.79 Å². The van der Waals surface area contributed by atoms with Crippen molar-refractivity contribution in [2.24, 2.45) is 0 Å². The van der Waals surface area contributed by atoms with Gasteiger partial charge in [-0.25, -0.2) is 13.2 Å². The fourth-order valence-electron chi connectivity index (χ4n) is 1.72. The van der Waals surface area contributed by atoms with E-state index in [4.69, 9.17) is 0 Å². The van der Waals surface area contributed by atoms with Crippen molar-refractivity contribution in [1.29, 1.82) is 0 Å². The molecule has 7 heteroatoms. The predicted octanol–water partition coefficient (Wildman–Crippen LogP) is 4.35. The van der Waals surface area contributed by atoms with E-state index >= 15 is 0 Å². The Morgan fingerprint density at radius 1 is 0.905 bits per heavy atom. The molecule has 0 aliphatic carbocycles. The van der Waals surface area contributed by atoms with Gasteiger partial charge < -0.3 is 0 Å². The van der Waals surface area contributed by atoms with Crippen LogP contribution in [-0.2, 0) is 6.18 Å². The Hall–Kier alpha value is -2.31. The molecule has 0 heterocycles. The summed E-state index contributed by atoms with van der Waals surface area (Å²) in [5.41, 5.74) is -2.74. The standard InChI is InChI=1S/C14H6F6O/c15-10-3-1-2-8(12(10)17)13(21)7-4-5-9(11(16)6-7)14(18,19)20/h1-6H. The summed E-state index contributed by atoms with van der Waals surface area (Å²) >= 11 is 0. The molecule has 0 radical (unpaired) electrons. The van der Waals surface area contributed by atoms with Crippen molar-refractivity contribution in [3.8, 4) is 0 Å². The highest BCUT2D eigenvalue weighted by Crippen LogP contribution is 2.32. The van der Waals surface area contributed by atoms with E-state index in [1.165, 1.54) is 0 Å². The number of rotatable bonds is 2. The summed E-state index contributed by atoms with van der Waals surface area (Å²) in [6.07, 6.45) is -4.91. The lowest BCUT2D eigenvalue weighted by atomic mass is 10.0. The predicted molar refractivity (Wildman–Crippen MR) is 61.2 cm³/mol. The Morgan fingerprint density at radius 2 is 1.57 bits per heavy atom. The van der Waals surface area contributed by atoms with Crippen LogP contribution in [0.25, 0.3) is 0 Å². The molecule has 0 saturated heterocycles. The van der Waals surface area contributed by atoms with Crippen LogP contribution in [0, 0.1) is 17.5 Å². The van der Waals surface area contributed by atoms with Crippen LogP contribution in [0.1, 0.15) is 21.5 Å². The molecule has 0 N–H and O–H groups in total. The molecule has 0 aliphatic rings. The van der Waals surface area contributed by atoms with Crippen molar-refractivity contribution in [2.45, 2.75) is 6.18 Å². The number of hydrogen-bond donors (Lipinski definition) is 0. The van der Waals surface area contributed by atoms with Crippen molar-refractivity contribution in [1.82, 2.24) is 0 Å². The van der Waals surface area contributed by atoms with E-state index in [2.05, 4.69) is 0 Å². The maximum atomic E-state index is 13.4.